The highest BCUT2D eigenvalue weighted by atomic mass is 32.1. The lowest BCUT2D eigenvalue weighted by Gasteiger charge is -2.23. The van der Waals surface area contributed by atoms with E-state index in [2.05, 4.69) is 21.7 Å². The van der Waals surface area contributed by atoms with Crippen LogP contribution in [-0.4, -0.2) is 38.1 Å². The zero-order valence-corrected chi connectivity index (χ0v) is 14.9. The van der Waals surface area contributed by atoms with Crippen LogP contribution in [0, 0.1) is 13.8 Å². The van der Waals surface area contributed by atoms with Gasteiger partial charge >= 0.3 is 0 Å². The smallest absolute Gasteiger partial charge is 0.258 e. The molecule has 1 aromatic carbocycles. The molecule has 1 N–H and O–H groups in total. The summed E-state index contributed by atoms with van der Waals surface area (Å²) in [5, 5.41) is 5.01. The Labute approximate surface area is 142 Å². The summed E-state index contributed by atoms with van der Waals surface area (Å²) in [5.41, 5.74) is 2.23. The lowest BCUT2D eigenvalue weighted by molar-refractivity contribution is -0.123. The van der Waals surface area contributed by atoms with Crippen molar-refractivity contribution in [3.8, 4) is 5.75 Å². The molecule has 23 heavy (non-hydrogen) atoms. The van der Waals surface area contributed by atoms with Crippen LogP contribution in [0.15, 0.2) is 35.7 Å². The number of rotatable bonds is 7. The van der Waals surface area contributed by atoms with E-state index < -0.39 is 0 Å². The molecule has 0 saturated heterocycles. The lowest BCUT2D eigenvalue weighted by Crippen LogP contribution is -2.36. The van der Waals surface area contributed by atoms with Crippen molar-refractivity contribution in [1.29, 1.82) is 0 Å². The van der Waals surface area contributed by atoms with Crippen molar-refractivity contribution in [3.05, 3.63) is 51.7 Å². The zero-order valence-electron chi connectivity index (χ0n) is 14.1. The van der Waals surface area contributed by atoms with Gasteiger partial charge < -0.3 is 15.0 Å². The van der Waals surface area contributed by atoms with Gasteiger partial charge in [0, 0.05) is 11.4 Å². The van der Waals surface area contributed by atoms with Crippen LogP contribution in [0.3, 0.4) is 0 Å². The average molecular weight is 332 g/mol. The monoisotopic (exact) mass is 332 g/mol. The van der Waals surface area contributed by atoms with Gasteiger partial charge in [-0.25, -0.2) is 0 Å². The molecule has 1 aromatic heterocycles. The minimum absolute atomic E-state index is 0.0366. The zero-order chi connectivity index (χ0) is 16.8. The molecule has 0 radical (unpaired) electrons. The molecular formula is C18H24N2O2S. The summed E-state index contributed by atoms with van der Waals surface area (Å²) in [6, 6.07) is 10.2. The number of ether oxygens (including phenoxy) is 1. The normalized spacial score (nSPS) is 12.2. The highest BCUT2D eigenvalue weighted by molar-refractivity contribution is 7.10. The second kappa shape index (κ2) is 8.13. The van der Waals surface area contributed by atoms with E-state index in [1.807, 2.05) is 52.2 Å². The van der Waals surface area contributed by atoms with Crippen LogP contribution in [-0.2, 0) is 4.79 Å². The first-order valence-electron chi connectivity index (χ1n) is 7.64. The van der Waals surface area contributed by atoms with Crippen LogP contribution >= 0.6 is 11.3 Å². The fourth-order valence-corrected chi connectivity index (χ4v) is 3.23. The summed E-state index contributed by atoms with van der Waals surface area (Å²) >= 11 is 1.70. The molecule has 0 fully saturated rings. The molecule has 0 aliphatic heterocycles. The molecule has 1 atom stereocenters. The molecule has 0 bridgehead atoms. The number of nitrogens with one attached hydrogen (secondary N) is 1. The minimum Gasteiger partial charge on any atom is -0.483 e. The Kier molecular flexibility index (Phi) is 6.19. The second-order valence-corrected chi connectivity index (χ2v) is 6.76. The number of thiophene rings is 1. The molecule has 0 spiro atoms. The van der Waals surface area contributed by atoms with E-state index in [1.54, 1.807) is 11.3 Å². The maximum absolute atomic E-state index is 12.1. The molecular weight excluding hydrogens is 308 g/mol. The van der Waals surface area contributed by atoms with Crippen LogP contribution in [0.2, 0.25) is 0 Å². The van der Waals surface area contributed by atoms with Crippen LogP contribution in [0.5, 0.6) is 5.75 Å². The highest BCUT2D eigenvalue weighted by Gasteiger charge is 2.16. The summed E-state index contributed by atoms with van der Waals surface area (Å²) in [6.45, 7) is 4.64. The van der Waals surface area contributed by atoms with Gasteiger partial charge in [0.1, 0.15) is 5.75 Å². The van der Waals surface area contributed by atoms with Crippen molar-refractivity contribution in [2.45, 2.75) is 19.9 Å². The summed E-state index contributed by atoms with van der Waals surface area (Å²) in [7, 11) is 4.03. The lowest BCUT2D eigenvalue weighted by atomic mass is 10.1. The van der Waals surface area contributed by atoms with E-state index in [4.69, 9.17) is 4.74 Å². The third kappa shape index (κ3) is 4.81. The quantitative estimate of drug-likeness (QED) is 0.847. The Morgan fingerprint density at radius 1 is 1.26 bits per heavy atom. The van der Waals surface area contributed by atoms with E-state index in [-0.39, 0.29) is 18.6 Å². The third-order valence-electron chi connectivity index (χ3n) is 3.90. The first-order chi connectivity index (χ1) is 11.0. The average Bonchev–Trinajstić information content (AvgIpc) is 3.02. The van der Waals surface area contributed by atoms with Crippen LogP contribution < -0.4 is 10.1 Å². The van der Waals surface area contributed by atoms with Gasteiger partial charge in [-0.05, 0) is 56.6 Å². The number of nitrogens with zero attached hydrogens (tertiary/aromatic N) is 1. The van der Waals surface area contributed by atoms with Crippen molar-refractivity contribution < 1.29 is 9.53 Å². The van der Waals surface area contributed by atoms with Gasteiger partial charge in [0.25, 0.3) is 5.91 Å². The number of hydrogen-bond donors (Lipinski definition) is 1. The number of amides is 1. The molecule has 2 rings (SSSR count). The maximum Gasteiger partial charge on any atom is 0.258 e. The molecule has 0 saturated carbocycles. The molecule has 0 aliphatic rings. The van der Waals surface area contributed by atoms with Gasteiger partial charge in [0.05, 0.1) is 6.04 Å². The molecule has 5 heteroatoms. The SMILES string of the molecule is Cc1cccc(OCC(=O)NCC(c2cccs2)N(C)C)c1C. The molecule has 0 aliphatic carbocycles. The van der Waals surface area contributed by atoms with Gasteiger partial charge in [0.2, 0.25) is 0 Å². The number of carbonyl (C=O) groups is 1. The number of likely N-dealkylation sites (N-methyl/N-ethyl adjacent to an activating group) is 1. The standard InChI is InChI=1S/C18H24N2O2S/c1-13-7-5-8-16(14(13)2)22-12-18(21)19-11-15(20(3)4)17-9-6-10-23-17/h5-10,15H,11-12H2,1-4H3,(H,19,21). The fraction of sp³-hybridized carbons (Fsp3) is 0.389. The first kappa shape index (κ1) is 17.5. The van der Waals surface area contributed by atoms with Crippen LogP contribution in [0.4, 0.5) is 0 Å². The Morgan fingerprint density at radius 2 is 2.04 bits per heavy atom. The maximum atomic E-state index is 12.1. The van der Waals surface area contributed by atoms with E-state index in [0.29, 0.717) is 6.54 Å². The van der Waals surface area contributed by atoms with Crippen molar-refractivity contribution in [3.63, 3.8) is 0 Å². The number of aryl methyl sites for hydroxylation is 1. The number of benzene rings is 1. The van der Waals surface area contributed by atoms with E-state index >= 15 is 0 Å². The second-order valence-electron chi connectivity index (χ2n) is 5.79. The fourth-order valence-electron chi connectivity index (χ4n) is 2.30. The van der Waals surface area contributed by atoms with Crippen molar-refractivity contribution in [2.24, 2.45) is 0 Å². The summed E-state index contributed by atoms with van der Waals surface area (Å²) in [5.74, 6) is 0.664. The van der Waals surface area contributed by atoms with Gasteiger partial charge in [0.15, 0.2) is 6.61 Å². The van der Waals surface area contributed by atoms with Crippen LogP contribution in [0.1, 0.15) is 22.0 Å². The van der Waals surface area contributed by atoms with Gasteiger partial charge in [-0.15, -0.1) is 11.3 Å². The largest absolute Gasteiger partial charge is 0.483 e. The van der Waals surface area contributed by atoms with E-state index in [0.717, 1.165) is 16.9 Å². The molecule has 1 unspecified atom stereocenters. The minimum atomic E-state index is -0.102. The predicted molar refractivity (Wildman–Crippen MR) is 95.2 cm³/mol. The van der Waals surface area contributed by atoms with Crippen molar-refractivity contribution >= 4 is 17.2 Å². The Morgan fingerprint density at radius 3 is 2.70 bits per heavy atom. The van der Waals surface area contributed by atoms with Gasteiger partial charge in [-0.1, -0.05) is 18.2 Å². The summed E-state index contributed by atoms with van der Waals surface area (Å²) in [6.07, 6.45) is 0. The van der Waals surface area contributed by atoms with Gasteiger partial charge in [-0.3, -0.25) is 4.79 Å². The summed E-state index contributed by atoms with van der Waals surface area (Å²) in [4.78, 5) is 15.4. The van der Waals surface area contributed by atoms with E-state index in [1.165, 1.54) is 4.88 Å². The summed E-state index contributed by atoms with van der Waals surface area (Å²) < 4.78 is 5.64. The van der Waals surface area contributed by atoms with Gasteiger partial charge in [-0.2, -0.15) is 0 Å². The Bertz CT molecular complexity index is 638. The van der Waals surface area contributed by atoms with E-state index in [9.17, 15) is 4.79 Å². The Balaban J connectivity index is 1.86. The molecule has 124 valence electrons. The molecule has 4 nitrogen and oxygen atoms in total. The number of hydrogen-bond acceptors (Lipinski definition) is 4. The van der Waals surface area contributed by atoms with Crippen LogP contribution in [0.25, 0.3) is 0 Å². The molecule has 1 amide bonds. The van der Waals surface area contributed by atoms with Crippen molar-refractivity contribution in [1.82, 2.24) is 10.2 Å². The molecule has 1 heterocycles. The first-order valence-corrected chi connectivity index (χ1v) is 8.52. The van der Waals surface area contributed by atoms with Crippen molar-refractivity contribution in [2.75, 3.05) is 27.2 Å². The Hall–Kier alpha value is -1.85. The highest BCUT2D eigenvalue weighted by Crippen LogP contribution is 2.22. The number of carbonyl (C=O) groups excluding carboxylic acids is 1. The third-order valence-corrected chi connectivity index (χ3v) is 4.87. The molecule has 2 aromatic rings. The topological polar surface area (TPSA) is 41.6 Å². The predicted octanol–water partition coefficient (Wildman–Crippen LogP) is 3.16.